The van der Waals surface area contributed by atoms with Gasteiger partial charge in [0.1, 0.15) is 17.1 Å². The number of pyridine rings is 1. The minimum Gasteiger partial charge on any atom is -0.399 e. The summed E-state index contributed by atoms with van der Waals surface area (Å²) in [5, 5.41) is 8.12. The average molecular weight is 336 g/mol. The Labute approximate surface area is 137 Å². The lowest BCUT2D eigenvalue weighted by Gasteiger charge is -2.04. The van der Waals surface area contributed by atoms with Gasteiger partial charge in [-0.15, -0.1) is 0 Å². The number of anilines is 1. The zero-order chi connectivity index (χ0) is 15.9. The number of oxime groups is 1. The molecule has 2 rings (SSSR count). The van der Waals surface area contributed by atoms with Crippen LogP contribution in [0.5, 0.6) is 0 Å². The Morgan fingerprint density at radius 3 is 3.00 bits per heavy atom. The number of hydrogen-bond acceptors (Lipinski definition) is 7. The molecule has 0 aliphatic heterocycles. The molecule has 0 saturated carbocycles. The van der Waals surface area contributed by atoms with E-state index in [0.29, 0.717) is 16.5 Å². The average Bonchev–Trinajstić information content (AvgIpc) is 2.89. The van der Waals surface area contributed by atoms with Gasteiger partial charge in [-0.3, -0.25) is 9.78 Å². The number of thiazole rings is 1. The molecule has 116 valence electrons. The van der Waals surface area contributed by atoms with Crippen molar-refractivity contribution < 1.29 is 9.63 Å². The number of carbonyl (C=O) groups excluding carboxylic acids is 1. The first-order chi connectivity index (χ1) is 10.7. The van der Waals surface area contributed by atoms with Crippen LogP contribution in [0.15, 0.2) is 29.7 Å². The molecule has 0 fully saturated rings. The number of nitrogens with zero attached hydrogens (tertiary/aromatic N) is 3. The fourth-order valence-corrected chi connectivity index (χ4v) is 3.09. The normalized spacial score (nSPS) is 11.3. The Hall–Kier alpha value is -1.93. The zero-order valence-electron chi connectivity index (χ0n) is 12.5. The first-order valence-corrected chi connectivity index (χ1v) is 8.65. The van der Waals surface area contributed by atoms with Gasteiger partial charge in [-0.2, -0.15) is 11.8 Å². The number of rotatable bonds is 6. The molecule has 0 radical (unpaired) electrons. The second-order valence-corrected chi connectivity index (χ2v) is 6.15. The van der Waals surface area contributed by atoms with Gasteiger partial charge in [-0.05, 0) is 25.3 Å². The summed E-state index contributed by atoms with van der Waals surface area (Å²) in [4.78, 5) is 25.5. The monoisotopic (exact) mass is 336 g/mol. The highest BCUT2D eigenvalue weighted by Crippen LogP contribution is 2.31. The maximum absolute atomic E-state index is 12.2. The zero-order valence-corrected chi connectivity index (χ0v) is 14.1. The summed E-state index contributed by atoms with van der Waals surface area (Å²) in [7, 11) is 1.42. The lowest BCUT2D eigenvalue weighted by molar-refractivity contribution is -0.110. The van der Waals surface area contributed by atoms with Crippen LogP contribution in [-0.4, -0.2) is 40.7 Å². The van der Waals surface area contributed by atoms with E-state index in [9.17, 15) is 4.79 Å². The van der Waals surface area contributed by atoms with Crippen LogP contribution in [0.4, 0.5) is 5.00 Å². The Morgan fingerprint density at radius 1 is 1.55 bits per heavy atom. The molecule has 8 heteroatoms. The summed E-state index contributed by atoms with van der Waals surface area (Å²) in [6.45, 7) is 1.85. The molecule has 2 aromatic heterocycles. The van der Waals surface area contributed by atoms with E-state index in [-0.39, 0.29) is 5.91 Å². The van der Waals surface area contributed by atoms with Gasteiger partial charge in [0.25, 0.3) is 5.91 Å². The van der Waals surface area contributed by atoms with E-state index in [1.54, 1.807) is 12.4 Å². The molecule has 0 aliphatic rings. The number of aromatic nitrogens is 2. The summed E-state index contributed by atoms with van der Waals surface area (Å²) in [5.74, 6) is 0.202. The molecule has 0 saturated heterocycles. The van der Waals surface area contributed by atoms with Crippen molar-refractivity contribution in [3.05, 3.63) is 30.2 Å². The van der Waals surface area contributed by atoms with E-state index in [0.717, 1.165) is 16.3 Å². The van der Waals surface area contributed by atoms with Crippen LogP contribution < -0.4 is 5.32 Å². The van der Waals surface area contributed by atoms with E-state index in [4.69, 9.17) is 4.84 Å². The number of thioether (sulfide) groups is 1. The van der Waals surface area contributed by atoms with Crippen LogP contribution in [-0.2, 0) is 9.63 Å². The number of hydrogen-bond donors (Lipinski definition) is 1. The van der Waals surface area contributed by atoms with Gasteiger partial charge in [0.2, 0.25) is 0 Å². The van der Waals surface area contributed by atoms with Gasteiger partial charge in [0.05, 0.1) is 5.69 Å². The van der Waals surface area contributed by atoms with Gasteiger partial charge in [0, 0.05) is 23.7 Å². The van der Waals surface area contributed by atoms with Crippen molar-refractivity contribution in [2.75, 3.05) is 24.4 Å². The summed E-state index contributed by atoms with van der Waals surface area (Å²) in [5.41, 5.74) is 2.02. The maximum atomic E-state index is 12.2. The smallest absolute Gasteiger partial charge is 0.274 e. The van der Waals surface area contributed by atoms with Gasteiger partial charge in [-0.1, -0.05) is 16.5 Å². The predicted molar refractivity (Wildman–Crippen MR) is 91.5 cm³/mol. The fourth-order valence-electron chi connectivity index (χ4n) is 1.68. The third-order valence-corrected chi connectivity index (χ3v) is 4.36. The molecule has 1 N–H and O–H groups in total. The molecule has 0 aliphatic carbocycles. The quantitative estimate of drug-likeness (QED) is 0.648. The Balaban J connectivity index is 2.18. The number of aryl methyl sites for hydroxylation is 1. The maximum Gasteiger partial charge on any atom is 0.274 e. The van der Waals surface area contributed by atoms with Crippen LogP contribution in [0, 0.1) is 6.92 Å². The highest BCUT2D eigenvalue weighted by molar-refractivity contribution is 7.99. The molecule has 1 amide bonds. The Morgan fingerprint density at radius 2 is 2.36 bits per heavy atom. The van der Waals surface area contributed by atoms with Crippen molar-refractivity contribution >= 4 is 39.7 Å². The molecule has 0 aromatic carbocycles. The molecule has 22 heavy (non-hydrogen) atoms. The molecule has 0 bridgehead atoms. The minimum atomic E-state index is -0.277. The Bertz CT molecular complexity index is 671. The molecule has 0 unspecified atom stereocenters. The topological polar surface area (TPSA) is 76.5 Å². The second-order valence-electron chi connectivity index (χ2n) is 4.28. The predicted octanol–water partition coefficient (Wildman–Crippen LogP) is 2.82. The number of nitrogens with one attached hydrogen (secondary N) is 1. The summed E-state index contributed by atoms with van der Waals surface area (Å²) < 4.78 is 0. The summed E-state index contributed by atoms with van der Waals surface area (Å²) in [6.07, 6.45) is 5.36. The summed E-state index contributed by atoms with van der Waals surface area (Å²) in [6, 6.07) is 3.79. The van der Waals surface area contributed by atoms with Gasteiger partial charge in [-0.25, -0.2) is 4.98 Å². The molecule has 0 atom stereocenters. The van der Waals surface area contributed by atoms with E-state index in [2.05, 4.69) is 20.4 Å². The molecular formula is C14H16N4O2S2. The van der Waals surface area contributed by atoms with Crippen molar-refractivity contribution in [3.63, 3.8) is 0 Å². The van der Waals surface area contributed by atoms with Crippen molar-refractivity contribution in [1.82, 2.24) is 9.97 Å². The molecular weight excluding hydrogens is 320 g/mol. The van der Waals surface area contributed by atoms with Crippen molar-refractivity contribution in [2.45, 2.75) is 6.92 Å². The SMILES string of the molecule is CO/N=C(\CSC)C(=O)Nc1sc(-c2cccnc2)nc1C. The van der Waals surface area contributed by atoms with Crippen LogP contribution in [0.3, 0.4) is 0 Å². The van der Waals surface area contributed by atoms with E-state index in [1.165, 1.54) is 30.2 Å². The lowest BCUT2D eigenvalue weighted by Crippen LogP contribution is -2.25. The molecule has 2 heterocycles. The first-order valence-electron chi connectivity index (χ1n) is 6.43. The van der Waals surface area contributed by atoms with Crippen molar-refractivity contribution in [2.24, 2.45) is 5.16 Å². The van der Waals surface area contributed by atoms with Gasteiger partial charge < -0.3 is 10.2 Å². The largest absolute Gasteiger partial charge is 0.399 e. The van der Waals surface area contributed by atoms with Crippen LogP contribution in [0.2, 0.25) is 0 Å². The number of carbonyl (C=O) groups is 1. The molecule has 0 spiro atoms. The standard InChI is InChI=1S/C14H16N4O2S2/c1-9-13(17-12(19)11(8-21-3)18-20-2)22-14(16-9)10-5-4-6-15-7-10/h4-7H,8H2,1-3H3,(H,17,19)/b18-11+. The van der Waals surface area contributed by atoms with Crippen LogP contribution in [0.1, 0.15) is 5.69 Å². The fraction of sp³-hybridized carbons (Fsp3) is 0.286. The molecule has 6 nitrogen and oxygen atoms in total. The van der Waals surface area contributed by atoms with E-state index in [1.807, 2.05) is 25.3 Å². The number of amides is 1. The van der Waals surface area contributed by atoms with Gasteiger partial charge >= 0.3 is 0 Å². The third-order valence-electron chi connectivity index (χ3n) is 2.68. The minimum absolute atomic E-state index is 0.277. The highest BCUT2D eigenvalue weighted by Gasteiger charge is 2.16. The van der Waals surface area contributed by atoms with Crippen molar-refractivity contribution in [3.8, 4) is 10.6 Å². The van der Waals surface area contributed by atoms with E-state index >= 15 is 0 Å². The van der Waals surface area contributed by atoms with Crippen molar-refractivity contribution in [1.29, 1.82) is 0 Å². The highest BCUT2D eigenvalue weighted by atomic mass is 32.2. The third kappa shape index (κ3) is 4.05. The first kappa shape index (κ1) is 16.4. The van der Waals surface area contributed by atoms with Crippen LogP contribution in [0.25, 0.3) is 10.6 Å². The van der Waals surface area contributed by atoms with Crippen LogP contribution >= 0.6 is 23.1 Å². The molecule has 2 aromatic rings. The van der Waals surface area contributed by atoms with E-state index < -0.39 is 0 Å². The lowest BCUT2D eigenvalue weighted by atomic mass is 10.3. The van der Waals surface area contributed by atoms with Gasteiger partial charge in [0.15, 0.2) is 5.71 Å². The Kier molecular flexibility index (Phi) is 5.91. The summed E-state index contributed by atoms with van der Waals surface area (Å²) >= 11 is 2.91. The second kappa shape index (κ2) is 7.90.